The number of fused-ring (bicyclic) bond motifs is 2. The predicted molar refractivity (Wildman–Crippen MR) is 78.1 cm³/mol. The third-order valence-electron chi connectivity index (χ3n) is 5.03. The Kier molecular flexibility index (Phi) is 3.55. The molecule has 2 bridgehead atoms. The lowest BCUT2D eigenvalue weighted by Gasteiger charge is -2.34. The molecule has 0 radical (unpaired) electrons. The maximum absolute atomic E-state index is 12.2. The summed E-state index contributed by atoms with van der Waals surface area (Å²) in [6.45, 7) is 2.09. The van der Waals surface area contributed by atoms with Crippen LogP contribution >= 0.6 is 0 Å². The fourth-order valence-corrected chi connectivity index (χ4v) is 3.94. The molecule has 0 spiro atoms. The van der Waals surface area contributed by atoms with Gasteiger partial charge in [0.2, 0.25) is 0 Å². The minimum absolute atomic E-state index is 0.246. The molecule has 3 heteroatoms. The number of carbonyl (C=O) groups excluding carboxylic acids is 1. The van der Waals surface area contributed by atoms with E-state index in [1.807, 2.05) is 30.3 Å². The minimum Gasteiger partial charge on any atom is -0.458 e. The van der Waals surface area contributed by atoms with Gasteiger partial charge in [-0.3, -0.25) is 4.79 Å². The Morgan fingerprint density at radius 2 is 2.15 bits per heavy atom. The number of rotatable bonds is 4. The third kappa shape index (κ3) is 2.59. The first kappa shape index (κ1) is 13.6. The largest absolute Gasteiger partial charge is 0.458 e. The molecule has 2 fully saturated rings. The number of ether oxygens (including phenoxy) is 1. The van der Waals surface area contributed by atoms with Crippen LogP contribution in [0.2, 0.25) is 0 Å². The lowest BCUT2D eigenvalue weighted by Crippen LogP contribution is -2.43. The van der Waals surface area contributed by atoms with Crippen molar-refractivity contribution in [1.29, 1.82) is 0 Å². The van der Waals surface area contributed by atoms with Crippen LogP contribution in [0.4, 0.5) is 0 Å². The summed E-state index contributed by atoms with van der Waals surface area (Å²) in [6, 6.07) is 9.31. The molecule has 3 rings (SSSR count). The van der Waals surface area contributed by atoms with Gasteiger partial charge in [-0.05, 0) is 56.4 Å². The summed E-state index contributed by atoms with van der Waals surface area (Å²) in [4.78, 5) is 12.2. The average Bonchev–Trinajstić information content (AvgIpc) is 2.99. The van der Waals surface area contributed by atoms with Crippen LogP contribution in [0, 0.1) is 11.8 Å². The van der Waals surface area contributed by atoms with Crippen LogP contribution < -0.4 is 5.73 Å². The number of hydrogen-bond acceptors (Lipinski definition) is 3. The van der Waals surface area contributed by atoms with Crippen LogP contribution in [-0.4, -0.2) is 17.6 Å². The Labute approximate surface area is 120 Å². The van der Waals surface area contributed by atoms with Gasteiger partial charge in [0.05, 0.1) is 0 Å². The van der Waals surface area contributed by atoms with Gasteiger partial charge < -0.3 is 10.5 Å². The molecule has 1 aromatic carbocycles. The van der Waals surface area contributed by atoms with Crippen LogP contribution in [0.5, 0.6) is 0 Å². The molecule has 1 unspecified atom stereocenters. The Morgan fingerprint density at radius 3 is 2.75 bits per heavy atom. The molecule has 0 saturated heterocycles. The minimum atomic E-state index is -0.562. The summed E-state index contributed by atoms with van der Waals surface area (Å²) in [5.41, 5.74) is 6.82. The van der Waals surface area contributed by atoms with Gasteiger partial charge in [0.1, 0.15) is 11.6 Å². The van der Waals surface area contributed by atoms with Gasteiger partial charge in [0.15, 0.2) is 0 Å². The first-order valence-corrected chi connectivity index (χ1v) is 7.59. The van der Waals surface area contributed by atoms with Crippen LogP contribution in [0.3, 0.4) is 0 Å². The van der Waals surface area contributed by atoms with E-state index < -0.39 is 6.04 Å². The fraction of sp³-hybridized carbons (Fsp3) is 0.588. The van der Waals surface area contributed by atoms with Gasteiger partial charge >= 0.3 is 5.97 Å². The van der Waals surface area contributed by atoms with Crippen molar-refractivity contribution >= 4 is 5.97 Å². The molecule has 0 aromatic heterocycles. The summed E-state index contributed by atoms with van der Waals surface area (Å²) >= 11 is 0. The topological polar surface area (TPSA) is 52.3 Å². The Bertz CT molecular complexity index is 487. The fourth-order valence-electron chi connectivity index (χ4n) is 3.94. The zero-order chi connectivity index (χ0) is 14.2. The monoisotopic (exact) mass is 273 g/mol. The summed E-state index contributed by atoms with van der Waals surface area (Å²) in [5, 5.41) is 0. The highest BCUT2D eigenvalue weighted by atomic mass is 16.6. The second-order valence-corrected chi connectivity index (χ2v) is 6.61. The Balaban J connectivity index is 1.59. The maximum Gasteiger partial charge on any atom is 0.323 e. The van der Waals surface area contributed by atoms with Crippen molar-refractivity contribution < 1.29 is 9.53 Å². The van der Waals surface area contributed by atoms with E-state index in [9.17, 15) is 4.79 Å². The molecular weight excluding hydrogens is 250 g/mol. The molecule has 2 aliphatic carbocycles. The van der Waals surface area contributed by atoms with Crippen molar-refractivity contribution in [1.82, 2.24) is 0 Å². The molecule has 1 aromatic rings. The van der Waals surface area contributed by atoms with Gasteiger partial charge in [-0.2, -0.15) is 0 Å². The second-order valence-electron chi connectivity index (χ2n) is 6.61. The molecular formula is C17H23NO2. The molecule has 108 valence electrons. The lowest BCUT2D eigenvalue weighted by molar-refractivity contribution is -0.165. The van der Waals surface area contributed by atoms with Gasteiger partial charge in [-0.25, -0.2) is 0 Å². The number of benzene rings is 1. The van der Waals surface area contributed by atoms with Crippen molar-refractivity contribution in [3.8, 4) is 0 Å². The van der Waals surface area contributed by atoms with Crippen molar-refractivity contribution in [2.24, 2.45) is 17.6 Å². The third-order valence-corrected chi connectivity index (χ3v) is 5.03. The van der Waals surface area contributed by atoms with Crippen molar-refractivity contribution in [2.45, 2.75) is 50.7 Å². The van der Waals surface area contributed by atoms with Crippen molar-refractivity contribution in [3.63, 3.8) is 0 Å². The first-order chi connectivity index (χ1) is 9.57. The Morgan fingerprint density at radius 1 is 1.40 bits per heavy atom. The smallest absolute Gasteiger partial charge is 0.323 e. The number of nitrogens with two attached hydrogens (primary N) is 1. The number of hydrogen-bond donors (Lipinski definition) is 1. The molecule has 0 amide bonds. The van der Waals surface area contributed by atoms with E-state index in [1.54, 1.807) is 0 Å². The van der Waals surface area contributed by atoms with E-state index in [1.165, 1.54) is 19.3 Å². The van der Waals surface area contributed by atoms with E-state index in [0.717, 1.165) is 17.9 Å². The molecule has 4 atom stereocenters. The van der Waals surface area contributed by atoms with E-state index >= 15 is 0 Å². The Hall–Kier alpha value is -1.35. The summed E-state index contributed by atoms with van der Waals surface area (Å²) < 4.78 is 5.80. The molecule has 0 aliphatic heterocycles. The van der Waals surface area contributed by atoms with Crippen LogP contribution in [0.1, 0.15) is 38.2 Å². The molecule has 20 heavy (non-hydrogen) atoms. The van der Waals surface area contributed by atoms with Crippen molar-refractivity contribution in [2.75, 3.05) is 0 Å². The first-order valence-electron chi connectivity index (χ1n) is 7.59. The standard InChI is InChI=1S/C17H23NO2/c1-17(11-13-7-8-14(17)9-13)20-16(19)15(18)10-12-5-3-2-4-6-12/h2-6,13-15H,7-11,18H2,1H3/t13-,14+,15?,17+/m1/s1. The maximum atomic E-state index is 12.2. The van der Waals surface area contributed by atoms with Crippen molar-refractivity contribution in [3.05, 3.63) is 35.9 Å². The normalized spacial score (nSPS) is 33.1. The highest BCUT2D eigenvalue weighted by Crippen LogP contribution is 2.52. The van der Waals surface area contributed by atoms with Gasteiger partial charge in [-0.15, -0.1) is 0 Å². The highest BCUT2D eigenvalue weighted by Gasteiger charge is 2.50. The second kappa shape index (κ2) is 5.21. The zero-order valence-corrected chi connectivity index (χ0v) is 12.0. The molecule has 3 nitrogen and oxygen atoms in total. The molecule has 0 heterocycles. The number of esters is 1. The van der Waals surface area contributed by atoms with E-state index in [0.29, 0.717) is 12.3 Å². The highest BCUT2D eigenvalue weighted by molar-refractivity contribution is 5.76. The van der Waals surface area contributed by atoms with Gasteiger partial charge in [0, 0.05) is 0 Å². The van der Waals surface area contributed by atoms with E-state index in [4.69, 9.17) is 10.5 Å². The van der Waals surface area contributed by atoms with E-state index in [2.05, 4.69) is 6.92 Å². The quantitative estimate of drug-likeness (QED) is 0.858. The summed E-state index contributed by atoms with van der Waals surface area (Å²) in [7, 11) is 0. The average molecular weight is 273 g/mol. The summed E-state index contributed by atoms with van der Waals surface area (Å²) in [5.74, 6) is 1.05. The number of carbonyl (C=O) groups is 1. The summed E-state index contributed by atoms with van der Waals surface area (Å²) in [6.07, 6.45) is 5.28. The van der Waals surface area contributed by atoms with Crippen LogP contribution in [0.25, 0.3) is 0 Å². The SMILES string of the molecule is C[C@]1(OC(=O)C(N)Cc2ccccc2)C[C@@H]2CC[C@H]1C2. The lowest BCUT2D eigenvalue weighted by atomic mass is 9.85. The van der Waals surface area contributed by atoms with Gasteiger partial charge in [-0.1, -0.05) is 30.3 Å². The van der Waals surface area contributed by atoms with E-state index in [-0.39, 0.29) is 11.6 Å². The van der Waals surface area contributed by atoms with Crippen LogP contribution in [0.15, 0.2) is 30.3 Å². The zero-order valence-electron chi connectivity index (χ0n) is 12.0. The molecule has 2 saturated carbocycles. The predicted octanol–water partition coefficient (Wildman–Crippen LogP) is 2.68. The van der Waals surface area contributed by atoms with Gasteiger partial charge in [0.25, 0.3) is 0 Å². The molecule has 2 N–H and O–H groups in total. The van der Waals surface area contributed by atoms with Crippen LogP contribution in [-0.2, 0) is 16.0 Å². The molecule has 2 aliphatic rings.